The Morgan fingerprint density at radius 2 is 2.00 bits per heavy atom. The van der Waals surface area contributed by atoms with E-state index in [4.69, 9.17) is 5.11 Å². The van der Waals surface area contributed by atoms with Crippen LogP contribution in [0.1, 0.15) is 0 Å². The first-order valence-electron chi connectivity index (χ1n) is 3.27. The Morgan fingerprint density at radius 1 is 1.17 bits per heavy atom. The van der Waals surface area contributed by atoms with Crippen molar-refractivity contribution >= 4 is 10.9 Å². The van der Waals surface area contributed by atoms with Crippen molar-refractivity contribution in [3.63, 3.8) is 0 Å². The predicted octanol–water partition coefficient (Wildman–Crippen LogP) is 0.436. The maximum atomic E-state index is 9.21. The summed E-state index contributed by atoms with van der Waals surface area (Å²) in [4.78, 5) is 10.8. The van der Waals surface area contributed by atoms with Gasteiger partial charge in [0.25, 0.3) is 0 Å². The van der Waals surface area contributed by atoms with Crippen molar-refractivity contribution in [2.45, 2.75) is 0 Å². The van der Waals surface area contributed by atoms with Gasteiger partial charge in [0, 0.05) is 6.20 Å². The Bertz CT molecular complexity index is 430. The van der Waals surface area contributed by atoms with Gasteiger partial charge in [-0.05, 0) is 6.07 Å². The summed E-state index contributed by atoms with van der Waals surface area (Å²) < 4.78 is 0. The van der Waals surface area contributed by atoms with E-state index in [1.807, 2.05) is 0 Å². The van der Waals surface area contributed by atoms with Crippen molar-refractivity contribution in [3.05, 3.63) is 18.5 Å². The molecule has 0 aliphatic heterocycles. The summed E-state index contributed by atoms with van der Waals surface area (Å²) in [7, 11) is 0. The number of rotatable bonds is 0. The topological polar surface area (TPSA) is 79.1 Å². The molecule has 2 aromatic heterocycles. The molecule has 60 valence electrons. The Kier molecular flexibility index (Phi) is 1.30. The lowest BCUT2D eigenvalue weighted by Crippen LogP contribution is -1.85. The third-order valence-corrected chi connectivity index (χ3v) is 1.47. The number of aromatic nitrogens is 3. The molecule has 2 rings (SSSR count). The summed E-state index contributed by atoms with van der Waals surface area (Å²) in [6.07, 6.45) is 2.96. The monoisotopic (exact) mass is 163 g/mol. The Balaban J connectivity index is 2.89. The maximum Gasteiger partial charge on any atom is 0.317 e. The van der Waals surface area contributed by atoms with Crippen LogP contribution in [-0.4, -0.2) is 25.2 Å². The SMILES string of the molecule is Oc1nc(O)c2ccncc2n1. The van der Waals surface area contributed by atoms with Crippen LogP contribution in [0.3, 0.4) is 0 Å². The summed E-state index contributed by atoms with van der Waals surface area (Å²) in [6.45, 7) is 0. The van der Waals surface area contributed by atoms with Gasteiger partial charge in [-0.3, -0.25) is 4.98 Å². The third kappa shape index (κ3) is 0.914. The highest BCUT2D eigenvalue weighted by molar-refractivity contribution is 5.82. The first kappa shape index (κ1) is 6.78. The normalized spacial score (nSPS) is 10.3. The van der Waals surface area contributed by atoms with Gasteiger partial charge in [0.05, 0.1) is 17.1 Å². The van der Waals surface area contributed by atoms with Gasteiger partial charge in [0.1, 0.15) is 0 Å². The van der Waals surface area contributed by atoms with Crippen molar-refractivity contribution in [1.29, 1.82) is 0 Å². The number of pyridine rings is 1. The van der Waals surface area contributed by atoms with Crippen LogP contribution in [0.5, 0.6) is 11.9 Å². The molecule has 5 heteroatoms. The molecule has 0 bridgehead atoms. The zero-order chi connectivity index (χ0) is 8.55. The van der Waals surface area contributed by atoms with Crippen LogP contribution in [-0.2, 0) is 0 Å². The molecular weight excluding hydrogens is 158 g/mol. The lowest BCUT2D eigenvalue weighted by Gasteiger charge is -1.97. The summed E-state index contributed by atoms with van der Waals surface area (Å²) in [6, 6.07) is 1.12. The van der Waals surface area contributed by atoms with Crippen molar-refractivity contribution in [2.75, 3.05) is 0 Å². The molecule has 0 fully saturated rings. The van der Waals surface area contributed by atoms with Crippen molar-refractivity contribution in [2.24, 2.45) is 0 Å². The quantitative estimate of drug-likeness (QED) is 0.589. The lowest BCUT2D eigenvalue weighted by molar-refractivity contribution is 0.403. The van der Waals surface area contributed by atoms with Crippen LogP contribution >= 0.6 is 0 Å². The zero-order valence-corrected chi connectivity index (χ0v) is 5.97. The highest BCUT2D eigenvalue weighted by atomic mass is 16.3. The number of hydrogen-bond donors (Lipinski definition) is 2. The van der Waals surface area contributed by atoms with E-state index in [-0.39, 0.29) is 5.88 Å². The standard InChI is InChI=1S/C7H5N3O2/c11-6-4-1-2-8-3-5(4)9-7(12)10-6/h1-3H,(H2,9,10,11,12). The van der Waals surface area contributed by atoms with Gasteiger partial charge in [0.15, 0.2) is 0 Å². The first-order valence-corrected chi connectivity index (χ1v) is 3.27. The van der Waals surface area contributed by atoms with E-state index in [0.29, 0.717) is 10.9 Å². The highest BCUT2D eigenvalue weighted by Crippen LogP contribution is 2.21. The van der Waals surface area contributed by atoms with Gasteiger partial charge < -0.3 is 10.2 Å². The van der Waals surface area contributed by atoms with Gasteiger partial charge in [-0.15, -0.1) is 0 Å². The Hall–Kier alpha value is -1.91. The van der Waals surface area contributed by atoms with Crippen molar-refractivity contribution < 1.29 is 10.2 Å². The molecule has 0 amide bonds. The second-order valence-electron chi connectivity index (χ2n) is 2.24. The van der Waals surface area contributed by atoms with Crippen LogP contribution in [0, 0.1) is 0 Å². The highest BCUT2D eigenvalue weighted by Gasteiger charge is 2.03. The maximum absolute atomic E-state index is 9.21. The molecule has 0 spiro atoms. The van der Waals surface area contributed by atoms with E-state index < -0.39 is 6.01 Å². The molecule has 2 aromatic rings. The Labute approximate surface area is 67.4 Å². The minimum atomic E-state index is -0.451. The molecular formula is C7H5N3O2. The zero-order valence-electron chi connectivity index (χ0n) is 5.97. The molecule has 0 saturated heterocycles. The molecule has 0 aliphatic rings. The van der Waals surface area contributed by atoms with E-state index in [1.165, 1.54) is 12.4 Å². The minimum Gasteiger partial charge on any atom is -0.493 e. The molecule has 0 radical (unpaired) electrons. The first-order chi connectivity index (χ1) is 5.77. The second-order valence-corrected chi connectivity index (χ2v) is 2.24. The third-order valence-electron chi connectivity index (χ3n) is 1.47. The van der Waals surface area contributed by atoms with Crippen LogP contribution in [0.4, 0.5) is 0 Å². The van der Waals surface area contributed by atoms with Crippen LogP contribution in [0.15, 0.2) is 18.5 Å². The fourth-order valence-electron chi connectivity index (χ4n) is 0.952. The predicted molar refractivity (Wildman–Crippen MR) is 40.7 cm³/mol. The number of aromatic hydroxyl groups is 2. The summed E-state index contributed by atoms with van der Waals surface area (Å²) in [5.41, 5.74) is 0.419. The minimum absolute atomic E-state index is 0.236. The van der Waals surface area contributed by atoms with E-state index in [9.17, 15) is 5.11 Å². The average molecular weight is 163 g/mol. The molecule has 2 N–H and O–H groups in total. The molecule has 0 unspecified atom stereocenters. The molecule has 5 nitrogen and oxygen atoms in total. The van der Waals surface area contributed by atoms with Crippen LogP contribution in [0.25, 0.3) is 10.9 Å². The van der Waals surface area contributed by atoms with Crippen LogP contribution < -0.4 is 0 Å². The Morgan fingerprint density at radius 3 is 2.83 bits per heavy atom. The smallest absolute Gasteiger partial charge is 0.317 e. The molecule has 2 heterocycles. The number of nitrogens with zero attached hydrogens (tertiary/aromatic N) is 3. The van der Waals surface area contributed by atoms with E-state index in [0.717, 1.165) is 0 Å². The van der Waals surface area contributed by atoms with Gasteiger partial charge >= 0.3 is 6.01 Å². The van der Waals surface area contributed by atoms with E-state index in [1.54, 1.807) is 6.07 Å². The van der Waals surface area contributed by atoms with Crippen molar-refractivity contribution in [1.82, 2.24) is 15.0 Å². The van der Waals surface area contributed by atoms with E-state index >= 15 is 0 Å². The second kappa shape index (κ2) is 2.30. The fourth-order valence-corrected chi connectivity index (χ4v) is 0.952. The fraction of sp³-hybridized carbons (Fsp3) is 0. The van der Waals surface area contributed by atoms with E-state index in [2.05, 4.69) is 15.0 Å². The summed E-state index contributed by atoms with van der Waals surface area (Å²) >= 11 is 0. The average Bonchev–Trinajstić information content (AvgIpc) is 2.04. The van der Waals surface area contributed by atoms with Crippen LogP contribution in [0.2, 0.25) is 0 Å². The molecule has 0 aromatic carbocycles. The largest absolute Gasteiger partial charge is 0.493 e. The number of fused-ring (bicyclic) bond motifs is 1. The van der Waals surface area contributed by atoms with Gasteiger partial charge in [0.2, 0.25) is 5.88 Å². The molecule has 12 heavy (non-hydrogen) atoms. The summed E-state index contributed by atoms with van der Waals surface area (Å²) in [5.74, 6) is -0.236. The lowest BCUT2D eigenvalue weighted by atomic mass is 10.3. The van der Waals surface area contributed by atoms with Gasteiger partial charge in [-0.2, -0.15) is 9.97 Å². The van der Waals surface area contributed by atoms with Gasteiger partial charge in [-0.25, -0.2) is 0 Å². The molecule has 0 aliphatic carbocycles. The van der Waals surface area contributed by atoms with Crippen molar-refractivity contribution in [3.8, 4) is 11.9 Å². The van der Waals surface area contributed by atoms with Gasteiger partial charge in [-0.1, -0.05) is 0 Å². The number of hydrogen-bond acceptors (Lipinski definition) is 5. The molecule has 0 saturated carbocycles. The molecule has 0 atom stereocenters. The summed E-state index contributed by atoms with van der Waals surface area (Å²) in [5, 5.41) is 18.6.